The summed E-state index contributed by atoms with van der Waals surface area (Å²) in [4.78, 5) is 12.6. The molecular weight excluding hydrogens is 394 g/mol. The lowest BCUT2D eigenvalue weighted by Gasteiger charge is -2.16. The van der Waals surface area contributed by atoms with Crippen molar-refractivity contribution in [1.82, 2.24) is 0 Å². The number of nitriles is 1. The smallest absolute Gasteiger partial charge is 0.341 e. The van der Waals surface area contributed by atoms with Gasteiger partial charge in [-0.15, -0.1) is 11.8 Å². The number of hydrogen-bond acceptors (Lipinski definition) is 8. The van der Waals surface area contributed by atoms with Gasteiger partial charge in [-0.3, -0.25) is 0 Å². The Balaban J connectivity index is 2.12. The van der Waals surface area contributed by atoms with E-state index >= 15 is 0 Å². The fraction of sp³-hybridized carbons (Fsp3) is 0.238. The van der Waals surface area contributed by atoms with E-state index < -0.39 is 5.97 Å². The van der Waals surface area contributed by atoms with Crippen LogP contribution in [0.3, 0.4) is 0 Å². The van der Waals surface area contributed by atoms with Crippen LogP contribution in [-0.2, 0) is 4.74 Å². The number of rotatable bonds is 7. The molecule has 150 valence electrons. The van der Waals surface area contributed by atoms with Crippen LogP contribution in [0.4, 0.5) is 0 Å². The molecule has 0 unspecified atom stereocenters. The lowest BCUT2D eigenvalue weighted by molar-refractivity contribution is 0.0598. The van der Waals surface area contributed by atoms with Crippen molar-refractivity contribution in [2.24, 2.45) is 0 Å². The van der Waals surface area contributed by atoms with Gasteiger partial charge < -0.3 is 23.7 Å². The van der Waals surface area contributed by atoms with Crippen molar-refractivity contribution in [2.45, 2.75) is 6.92 Å². The van der Waals surface area contributed by atoms with Gasteiger partial charge in [-0.2, -0.15) is 5.26 Å². The van der Waals surface area contributed by atoms with Crippen molar-refractivity contribution in [3.05, 3.63) is 52.4 Å². The number of esters is 1. The van der Waals surface area contributed by atoms with E-state index in [4.69, 9.17) is 23.7 Å². The number of hydrogen-bond donors (Lipinski definition) is 0. The Morgan fingerprint density at radius 3 is 2.66 bits per heavy atom. The number of ether oxygens (including phenoxy) is 5. The summed E-state index contributed by atoms with van der Waals surface area (Å²) in [6.45, 7) is 2.07. The number of fused-ring (bicyclic) bond motifs is 1. The van der Waals surface area contributed by atoms with E-state index in [0.29, 0.717) is 39.2 Å². The normalized spacial score (nSPS) is 12.6. The summed E-state index contributed by atoms with van der Waals surface area (Å²) >= 11 is 1.34. The second-order valence-electron chi connectivity index (χ2n) is 5.73. The van der Waals surface area contributed by atoms with Gasteiger partial charge in [-0.25, -0.2) is 4.79 Å². The van der Waals surface area contributed by atoms with Crippen molar-refractivity contribution in [1.29, 1.82) is 5.26 Å². The van der Waals surface area contributed by atoms with Crippen LogP contribution >= 0.6 is 11.8 Å². The highest BCUT2D eigenvalue weighted by Gasteiger charge is 2.22. The summed E-state index contributed by atoms with van der Waals surface area (Å²) < 4.78 is 27.0. The van der Waals surface area contributed by atoms with Gasteiger partial charge in [0, 0.05) is 11.6 Å². The van der Waals surface area contributed by atoms with Gasteiger partial charge in [0.05, 0.1) is 14.2 Å². The van der Waals surface area contributed by atoms with Crippen molar-refractivity contribution in [2.75, 3.05) is 26.8 Å². The van der Waals surface area contributed by atoms with Gasteiger partial charge in [-0.05, 0) is 36.1 Å². The molecule has 0 saturated heterocycles. The molecule has 0 saturated carbocycles. The Hall–Kier alpha value is -3.31. The molecule has 1 heterocycles. The highest BCUT2D eigenvalue weighted by atomic mass is 32.2. The van der Waals surface area contributed by atoms with Crippen LogP contribution in [0.5, 0.6) is 23.0 Å². The Morgan fingerprint density at radius 2 is 1.97 bits per heavy atom. The Kier molecular flexibility index (Phi) is 6.52. The maximum absolute atomic E-state index is 12.2. The molecule has 2 aromatic rings. The lowest BCUT2D eigenvalue weighted by atomic mass is 10.1. The van der Waals surface area contributed by atoms with Crippen LogP contribution in [0.15, 0.2) is 41.3 Å². The molecule has 0 radical (unpaired) electrons. The number of carbonyl (C=O) groups excluding carboxylic acids is 1. The molecule has 0 spiro atoms. The number of carbonyl (C=O) groups is 1. The van der Waals surface area contributed by atoms with Crippen molar-refractivity contribution >= 4 is 23.5 Å². The van der Waals surface area contributed by atoms with Crippen LogP contribution in [0.2, 0.25) is 0 Å². The van der Waals surface area contributed by atoms with E-state index in [1.165, 1.54) is 26.0 Å². The van der Waals surface area contributed by atoms with Crippen LogP contribution in [0.1, 0.15) is 22.8 Å². The van der Waals surface area contributed by atoms with E-state index in [9.17, 15) is 10.1 Å². The fourth-order valence-electron chi connectivity index (χ4n) is 2.67. The summed E-state index contributed by atoms with van der Waals surface area (Å²) in [6.07, 6.45) is 0. The Bertz CT molecular complexity index is 995. The molecule has 7 nitrogen and oxygen atoms in total. The molecule has 3 rings (SSSR count). The maximum atomic E-state index is 12.2. The predicted octanol–water partition coefficient (Wildman–Crippen LogP) is 4.23. The maximum Gasteiger partial charge on any atom is 0.341 e. The minimum atomic E-state index is -0.561. The van der Waals surface area contributed by atoms with E-state index in [-0.39, 0.29) is 18.1 Å². The minimum Gasteiger partial charge on any atom is -0.497 e. The van der Waals surface area contributed by atoms with Crippen LogP contribution in [0, 0.1) is 11.3 Å². The fourth-order valence-corrected chi connectivity index (χ4v) is 3.31. The zero-order chi connectivity index (χ0) is 20.8. The largest absolute Gasteiger partial charge is 0.497 e. The Morgan fingerprint density at radius 1 is 1.17 bits per heavy atom. The van der Waals surface area contributed by atoms with E-state index in [0.717, 1.165) is 0 Å². The molecule has 29 heavy (non-hydrogen) atoms. The summed E-state index contributed by atoms with van der Waals surface area (Å²) in [5.74, 6) is 2.30. The van der Waals surface area contributed by atoms with Gasteiger partial charge in [0.1, 0.15) is 28.0 Å². The average molecular weight is 413 g/mol. The van der Waals surface area contributed by atoms with Crippen molar-refractivity contribution in [3.63, 3.8) is 0 Å². The van der Waals surface area contributed by atoms with Crippen LogP contribution in [-0.4, -0.2) is 32.7 Å². The van der Waals surface area contributed by atoms with Crippen LogP contribution < -0.4 is 18.9 Å². The molecular formula is C21H19NO6S. The van der Waals surface area contributed by atoms with Gasteiger partial charge >= 0.3 is 5.97 Å². The molecule has 1 aliphatic rings. The third kappa shape index (κ3) is 4.41. The molecule has 0 N–H and O–H groups in total. The van der Waals surface area contributed by atoms with Crippen molar-refractivity contribution < 1.29 is 28.5 Å². The highest BCUT2D eigenvalue weighted by molar-refractivity contribution is 8.03. The molecule has 2 aromatic carbocycles. The average Bonchev–Trinajstić information content (AvgIpc) is 3.23. The number of allylic oxidation sites excluding steroid dienone is 1. The summed E-state index contributed by atoms with van der Waals surface area (Å²) in [7, 11) is 2.80. The molecule has 0 fully saturated rings. The number of benzene rings is 2. The zero-order valence-electron chi connectivity index (χ0n) is 16.2. The monoisotopic (exact) mass is 413 g/mol. The molecule has 8 heteroatoms. The molecule has 0 bridgehead atoms. The first kappa shape index (κ1) is 20.4. The van der Waals surface area contributed by atoms with Crippen molar-refractivity contribution in [3.8, 4) is 29.1 Å². The zero-order valence-corrected chi connectivity index (χ0v) is 17.0. The summed E-state index contributed by atoms with van der Waals surface area (Å²) in [6, 6.07) is 12.2. The summed E-state index contributed by atoms with van der Waals surface area (Å²) in [5, 5.41) is 9.70. The second kappa shape index (κ2) is 9.26. The third-order valence-corrected chi connectivity index (χ3v) is 4.89. The molecule has 0 amide bonds. The number of methoxy groups -OCH3 is 2. The van der Waals surface area contributed by atoms with Gasteiger partial charge in [-0.1, -0.05) is 6.92 Å². The summed E-state index contributed by atoms with van der Waals surface area (Å²) in [5.41, 5.74) is 0.829. The Labute approximate surface area is 172 Å². The van der Waals surface area contributed by atoms with Crippen LogP contribution in [0.25, 0.3) is 5.76 Å². The first-order chi connectivity index (χ1) is 14.1. The minimum absolute atomic E-state index is 0.135. The van der Waals surface area contributed by atoms with Gasteiger partial charge in [0.15, 0.2) is 17.3 Å². The highest BCUT2D eigenvalue weighted by Crippen LogP contribution is 2.38. The molecule has 0 aromatic heterocycles. The van der Waals surface area contributed by atoms with E-state index in [1.54, 1.807) is 36.4 Å². The molecule has 1 aliphatic heterocycles. The lowest BCUT2D eigenvalue weighted by Crippen LogP contribution is -2.07. The number of nitrogens with zero attached hydrogens (tertiary/aromatic N) is 1. The van der Waals surface area contributed by atoms with E-state index in [1.807, 2.05) is 6.92 Å². The second-order valence-corrected chi connectivity index (χ2v) is 7.00. The number of thioether (sulfide) groups is 1. The third-order valence-electron chi connectivity index (χ3n) is 4.04. The molecule has 0 atom stereocenters. The first-order valence-corrected chi connectivity index (χ1v) is 9.71. The first-order valence-electron chi connectivity index (χ1n) is 8.72. The quantitative estimate of drug-likeness (QED) is 0.379. The SMILES string of the molecule is CCS/C(C#N)=C(/Oc1cc(OC)ccc1C(=O)OC)c1ccc2c(c1)OCO2. The standard InChI is InChI=1S/C21H19NO6S/c1-4-29-19(11-22)20(13-5-8-16-18(9-13)27-12-26-16)28-17-10-14(24-2)6-7-15(17)21(23)25-3/h5-10H,4,12H2,1-3H3/b20-19+. The predicted molar refractivity (Wildman–Crippen MR) is 108 cm³/mol. The molecule has 0 aliphatic carbocycles. The van der Waals surface area contributed by atoms with Gasteiger partial charge in [0.25, 0.3) is 0 Å². The topological polar surface area (TPSA) is 87.0 Å². The van der Waals surface area contributed by atoms with E-state index in [2.05, 4.69) is 6.07 Å². The van der Waals surface area contributed by atoms with Gasteiger partial charge in [0.2, 0.25) is 6.79 Å².